The molecule has 0 saturated carbocycles. The molecule has 1 N–H and O–H groups in total. The molecule has 0 aliphatic carbocycles. The number of fused-ring (bicyclic) bond motifs is 2. The van der Waals surface area contributed by atoms with E-state index in [4.69, 9.17) is 24.5 Å². The zero-order valence-corrected chi connectivity index (χ0v) is 18.5. The quantitative estimate of drug-likeness (QED) is 0.476. The van der Waals surface area contributed by atoms with Crippen molar-refractivity contribution in [1.82, 2.24) is 19.6 Å². The van der Waals surface area contributed by atoms with Crippen molar-refractivity contribution in [3.05, 3.63) is 53.9 Å². The highest BCUT2D eigenvalue weighted by Gasteiger charge is 2.20. The van der Waals surface area contributed by atoms with Gasteiger partial charge in [-0.2, -0.15) is 4.52 Å². The molecule has 0 bridgehead atoms. The Kier molecular flexibility index (Phi) is 5.41. The molecule has 1 aromatic carbocycles. The highest BCUT2D eigenvalue weighted by Crippen LogP contribution is 2.24. The smallest absolute Gasteiger partial charge is 0.159 e. The van der Waals surface area contributed by atoms with Gasteiger partial charge in [0.15, 0.2) is 11.5 Å². The van der Waals surface area contributed by atoms with Gasteiger partial charge in [-0.1, -0.05) is 18.2 Å². The van der Waals surface area contributed by atoms with E-state index < -0.39 is 0 Å². The summed E-state index contributed by atoms with van der Waals surface area (Å²) in [6.07, 6.45) is 3.92. The molecule has 33 heavy (non-hydrogen) atoms. The van der Waals surface area contributed by atoms with Crippen LogP contribution in [0.5, 0.6) is 0 Å². The number of hydrogen-bond acceptors (Lipinski definition) is 7. The van der Waals surface area contributed by atoms with Crippen LogP contribution in [0.3, 0.4) is 0 Å². The number of aliphatic imine (C=N–C) groups is 1. The van der Waals surface area contributed by atoms with E-state index in [2.05, 4.69) is 39.0 Å². The minimum absolute atomic E-state index is 0.505. The van der Waals surface area contributed by atoms with Crippen molar-refractivity contribution < 1.29 is 9.47 Å². The van der Waals surface area contributed by atoms with E-state index in [0.29, 0.717) is 6.54 Å². The van der Waals surface area contributed by atoms with Crippen LogP contribution in [0.4, 0.5) is 11.6 Å². The van der Waals surface area contributed by atoms with Crippen LogP contribution >= 0.6 is 0 Å². The molecule has 2 aliphatic heterocycles. The van der Waals surface area contributed by atoms with E-state index in [-0.39, 0.29) is 0 Å². The van der Waals surface area contributed by atoms with E-state index in [1.165, 1.54) is 5.39 Å². The summed E-state index contributed by atoms with van der Waals surface area (Å²) in [5.41, 5.74) is 3.97. The second kappa shape index (κ2) is 8.84. The van der Waals surface area contributed by atoms with Gasteiger partial charge < -0.3 is 24.3 Å². The molecule has 9 heteroatoms. The van der Waals surface area contributed by atoms with Crippen LogP contribution in [0, 0.1) is 0 Å². The lowest BCUT2D eigenvalue weighted by Gasteiger charge is -2.29. The van der Waals surface area contributed by atoms with Gasteiger partial charge in [0.05, 0.1) is 38.7 Å². The van der Waals surface area contributed by atoms with Gasteiger partial charge in [-0.3, -0.25) is 4.99 Å². The Balaban J connectivity index is 1.32. The predicted molar refractivity (Wildman–Crippen MR) is 129 cm³/mol. The Hall–Kier alpha value is -3.43. The third-order valence-corrected chi connectivity index (χ3v) is 6.22. The topological polar surface area (TPSA) is 83.3 Å². The van der Waals surface area contributed by atoms with Gasteiger partial charge in [0.2, 0.25) is 0 Å². The van der Waals surface area contributed by atoms with E-state index in [1.807, 2.05) is 29.1 Å². The number of benzene rings is 1. The molecule has 2 fully saturated rings. The molecule has 9 nitrogen and oxygen atoms in total. The number of morpholine rings is 2. The Morgan fingerprint density at radius 1 is 0.970 bits per heavy atom. The van der Waals surface area contributed by atoms with Crippen molar-refractivity contribution in [2.75, 3.05) is 62.4 Å². The average Bonchev–Trinajstić information content (AvgIpc) is 3.49. The first-order valence-electron chi connectivity index (χ1n) is 11.5. The molecule has 2 aliphatic rings. The van der Waals surface area contributed by atoms with Crippen molar-refractivity contribution in [2.24, 2.45) is 4.99 Å². The van der Waals surface area contributed by atoms with Crippen LogP contribution in [0.15, 0.2) is 47.6 Å². The molecule has 5 heterocycles. The van der Waals surface area contributed by atoms with Crippen molar-refractivity contribution in [1.29, 1.82) is 0 Å². The Morgan fingerprint density at radius 2 is 1.73 bits per heavy atom. The summed E-state index contributed by atoms with van der Waals surface area (Å²) >= 11 is 0. The lowest BCUT2D eigenvalue weighted by Crippen LogP contribution is -2.38. The zero-order chi connectivity index (χ0) is 22.0. The first kappa shape index (κ1) is 20.2. The highest BCUT2D eigenvalue weighted by molar-refractivity contribution is 5.98. The monoisotopic (exact) mass is 445 g/mol. The number of H-pyrrole nitrogens is 1. The number of hydrogen-bond donors (Lipinski definition) is 1. The maximum Gasteiger partial charge on any atom is 0.159 e. The predicted octanol–water partition coefficient (Wildman–Crippen LogP) is 2.50. The van der Waals surface area contributed by atoms with E-state index in [1.54, 1.807) is 0 Å². The molecule has 0 amide bonds. The first-order valence-corrected chi connectivity index (χ1v) is 11.5. The first-order chi connectivity index (χ1) is 16.3. The number of rotatable bonds is 5. The molecule has 170 valence electrons. The number of nitrogens with one attached hydrogen (secondary N) is 1. The molecular formula is C24H27N7O2. The van der Waals surface area contributed by atoms with Crippen molar-refractivity contribution in [3.8, 4) is 0 Å². The summed E-state index contributed by atoms with van der Waals surface area (Å²) in [6.45, 7) is 6.76. The van der Waals surface area contributed by atoms with Crippen molar-refractivity contribution in [2.45, 2.75) is 6.54 Å². The maximum atomic E-state index is 5.57. The molecule has 6 rings (SSSR count). The van der Waals surface area contributed by atoms with Crippen LogP contribution in [-0.2, 0) is 16.0 Å². The average molecular weight is 446 g/mol. The summed E-state index contributed by atoms with van der Waals surface area (Å²) in [7, 11) is 0. The van der Waals surface area contributed by atoms with Crippen LogP contribution in [-0.4, -0.2) is 78.4 Å². The van der Waals surface area contributed by atoms with Crippen LogP contribution in [0.25, 0.3) is 16.6 Å². The van der Waals surface area contributed by atoms with Gasteiger partial charge in [0.1, 0.15) is 5.82 Å². The Morgan fingerprint density at radius 3 is 2.55 bits per heavy atom. The fraction of sp³-hybridized carbons (Fsp3) is 0.375. The third kappa shape index (κ3) is 4.05. The Bertz CT molecular complexity index is 1280. The fourth-order valence-electron chi connectivity index (χ4n) is 4.48. The van der Waals surface area contributed by atoms with Crippen LogP contribution in [0.2, 0.25) is 0 Å². The molecule has 4 aromatic rings. The number of aromatic amines is 1. The van der Waals surface area contributed by atoms with Gasteiger partial charge in [-0.15, -0.1) is 5.10 Å². The lowest BCUT2D eigenvalue weighted by atomic mass is 10.2. The molecule has 2 saturated heterocycles. The second-order valence-corrected chi connectivity index (χ2v) is 8.34. The van der Waals surface area contributed by atoms with Gasteiger partial charge in [0, 0.05) is 67.2 Å². The summed E-state index contributed by atoms with van der Waals surface area (Å²) in [4.78, 5) is 17.5. The highest BCUT2D eigenvalue weighted by atomic mass is 16.5. The normalized spacial score (nSPS) is 17.6. The Labute approximate surface area is 191 Å². The lowest BCUT2D eigenvalue weighted by molar-refractivity contribution is 0.122. The van der Waals surface area contributed by atoms with Crippen LogP contribution < -0.4 is 9.80 Å². The van der Waals surface area contributed by atoms with E-state index in [0.717, 1.165) is 86.7 Å². The van der Waals surface area contributed by atoms with E-state index in [9.17, 15) is 0 Å². The summed E-state index contributed by atoms with van der Waals surface area (Å²) in [5.74, 6) is 1.99. The number of para-hydroxylation sites is 1. The molecule has 0 atom stereocenters. The zero-order valence-electron chi connectivity index (χ0n) is 18.5. The number of anilines is 2. The molecule has 0 radical (unpaired) electrons. The summed E-state index contributed by atoms with van der Waals surface area (Å²) < 4.78 is 13.0. The van der Waals surface area contributed by atoms with Gasteiger partial charge in [-0.05, 0) is 6.07 Å². The van der Waals surface area contributed by atoms with Gasteiger partial charge >= 0.3 is 0 Å². The number of aromatic nitrogens is 4. The maximum absolute atomic E-state index is 5.57. The molecule has 3 aromatic heterocycles. The van der Waals surface area contributed by atoms with Gasteiger partial charge in [0.25, 0.3) is 0 Å². The minimum Gasteiger partial charge on any atom is -0.378 e. The molecule has 0 unspecified atom stereocenters. The number of ether oxygens (including phenoxy) is 2. The standard InChI is InChI=1S/C24H27N7O2/c1-2-4-21-20(3-1)18(16-26-21)15-25-17-19-13-24(30-7-11-33-12-8-30)31-22(27-19)14-23(28-31)29-5-9-32-10-6-29/h1-4,13-16,26H,5-12,17H2. The molecule has 0 spiro atoms. The molecular weight excluding hydrogens is 418 g/mol. The number of nitrogens with zero attached hydrogens (tertiary/aromatic N) is 6. The fourth-order valence-corrected chi connectivity index (χ4v) is 4.48. The van der Waals surface area contributed by atoms with Crippen LogP contribution in [0.1, 0.15) is 11.3 Å². The second-order valence-electron chi connectivity index (χ2n) is 8.34. The SMILES string of the molecule is C(=NCc1cc(N2CCOCC2)n2nc(N3CCOCC3)cc2n1)c1c[nH]c2ccccc12. The minimum atomic E-state index is 0.505. The van der Waals surface area contributed by atoms with E-state index >= 15 is 0 Å². The summed E-state index contributed by atoms with van der Waals surface area (Å²) in [5, 5.41) is 6.08. The van der Waals surface area contributed by atoms with Crippen molar-refractivity contribution >= 4 is 34.4 Å². The largest absolute Gasteiger partial charge is 0.378 e. The third-order valence-electron chi connectivity index (χ3n) is 6.22. The van der Waals surface area contributed by atoms with Gasteiger partial charge in [-0.25, -0.2) is 4.98 Å². The van der Waals surface area contributed by atoms with Crippen molar-refractivity contribution in [3.63, 3.8) is 0 Å². The summed E-state index contributed by atoms with van der Waals surface area (Å²) in [6, 6.07) is 12.4.